The Hall–Kier alpha value is -2.82. The van der Waals surface area contributed by atoms with Gasteiger partial charge in [0.25, 0.3) is 5.91 Å². The van der Waals surface area contributed by atoms with Crippen LogP contribution < -0.4 is 10.1 Å². The van der Waals surface area contributed by atoms with Crippen LogP contribution in [0.1, 0.15) is 45.7 Å². The van der Waals surface area contributed by atoms with E-state index in [9.17, 15) is 9.59 Å². The van der Waals surface area contributed by atoms with Crippen LogP contribution in [0.4, 0.5) is 0 Å². The minimum Gasteiger partial charge on any atom is -0.484 e. The van der Waals surface area contributed by atoms with E-state index in [0.717, 1.165) is 12.0 Å². The lowest BCUT2D eigenvalue weighted by atomic mass is 10.1. The minimum atomic E-state index is -0.591. The maximum absolute atomic E-state index is 13.0. The van der Waals surface area contributed by atoms with Gasteiger partial charge in [-0.3, -0.25) is 9.59 Å². The second-order valence-electron chi connectivity index (χ2n) is 8.52. The normalized spacial score (nSPS) is 12.2. The molecule has 2 rings (SSSR count). The van der Waals surface area contributed by atoms with Crippen molar-refractivity contribution in [3.05, 3.63) is 65.7 Å². The monoisotopic (exact) mass is 410 g/mol. The number of carbonyl (C=O) groups is 2. The molecule has 0 saturated carbocycles. The van der Waals surface area contributed by atoms with E-state index in [-0.39, 0.29) is 24.0 Å². The van der Waals surface area contributed by atoms with Gasteiger partial charge in [-0.05, 0) is 63.8 Å². The molecule has 5 heteroatoms. The van der Waals surface area contributed by atoms with E-state index in [0.29, 0.717) is 18.7 Å². The van der Waals surface area contributed by atoms with Crippen molar-refractivity contribution < 1.29 is 14.3 Å². The summed E-state index contributed by atoms with van der Waals surface area (Å²) in [6.45, 7) is 9.98. The molecule has 1 N–H and O–H groups in total. The molecule has 30 heavy (non-hydrogen) atoms. The van der Waals surface area contributed by atoms with Gasteiger partial charge in [-0.2, -0.15) is 0 Å². The van der Waals surface area contributed by atoms with Crippen molar-refractivity contribution in [2.24, 2.45) is 0 Å². The fraction of sp³-hybridized carbons (Fsp3) is 0.440. The standard InChI is InChI=1S/C25H34N2O3/c1-6-20-12-14-22(15-13-20)30-18-23(28)27(17-16-21-10-8-7-9-11-21)19(2)24(29)26-25(3,4)5/h7-15,19H,6,16-18H2,1-5H3,(H,26,29). The van der Waals surface area contributed by atoms with E-state index >= 15 is 0 Å². The summed E-state index contributed by atoms with van der Waals surface area (Å²) in [6.07, 6.45) is 1.62. The smallest absolute Gasteiger partial charge is 0.261 e. The van der Waals surface area contributed by atoms with Gasteiger partial charge in [0, 0.05) is 12.1 Å². The Kier molecular flexibility index (Phi) is 8.46. The molecule has 0 heterocycles. The van der Waals surface area contributed by atoms with E-state index in [4.69, 9.17) is 4.74 Å². The van der Waals surface area contributed by atoms with Crippen molar-refractivity contribution in [2.45, 2.75) is 59.0 Å². The molecule has 0 aromatic heterocycles. The number of amides is 2. The van der Waals surface area contributed by atoms with Crippen LogP contribution in [0, 0.1) is 0 Å². The van der Waals surface area contributed by atoms with E-state index in [1.165, 1.54) is 5.56 Å². The van der Waals surface area contributed by atoms with E-state index < -0.39 is 6.04 Å². The van der Waals surface area contributed by atoms with Crippen molar-refractivity contribution in [1.29, 1.82) is 0 Å². The first-order valence-electron chi connectivity index (χ1n) is 10.6. The highest BCUT2D eigenvalue weighted by Gasteiger charge is 2.28. The van der Waals surface area contributed by atoms with Crippen molar-refractivity contribution in [2.75, 3.05) is 13.2 Å². The maximum atomic E-state index is 13.0. The SMILES string of the molecule is CCc1ccc(OCC(=O)N(CCc2ccccc2)C(C)C(=O)NC(C)(C)C)cc1. The van der Waals surface area contributed by atoms with Gasteiger partial charge >= 0.3 is 0 Å². The average molecular weight is 411 g/mol. The molecule has 0 fully saturated rings. The highest BCUT2D eigenvalue weighted by molar-refractivity contribution is 5.88. The Bertz CT molecular complexity index is 811. The number of ether oxygens (including phenoxy) is 1. The summed E-state index contributed by atoms with van der Waals surface area (Å²) < 4.78 is 5.71. The minimum absolute atomic E-state index is 0.104. The molecule has 162 valence electrons. The zero-order chi connectivity index (χ0) is 22.1. The first-order valence-corrected chi connectivity index (χ1v) is 10.6. The van der Waals surface area contributed by atoms with Gasteiger partial charge in [0.15, 0.2) is 6.61 Å². The Morgan fingerprint density at radius 1 is 1.00 bits per heavy atom. The van der Waals surface area contributed by atoms with Crippen molar-refractivity contribution in [3.63, 3.8) is 0 Å². The Morgan fingerprint density at radius 3 is 2.20 bits per heavy atom. The van der Waals surface area contributed by atoms with Gasteiger partial charge in [-0.15, -0.1) is 0 Å². The molecular formula is C25H34N2O3. The Morgan fingerprint density at radius 2 is 1.63 bits per heavy atom. The van der Waals surface area contributed by atoms with Crippen LogP contribution in [0.3, 0.4) is 0 Å². The van der Waals surface area contributed by atoms with Crippen LogP contribution in [-0.2, 0) is 22.4 Å². The largest absolute Gasteiger partial charge is 0.484 e. The first kappa shape index (κ1) is 23.5. The summed E-state index contributed by atoms with van der Waals surface area (Å²) in [5, 5.41) is 2.97. The zero-order valence-corrected chi connectivity index (χ0v) is 18.8. The van der Waals surface area contributed by atoms with Gasteiger partial charge in [0.2, 0.25) is 5.91 Å². The third-order valence-electron chi connectivity index (χ3n) is 4.84. The molecule has 5 nitrogen and oxygen atoms in total. The van der Waals surface area contributed by atoms with E-state index in [1.807, 2.05) is 75.4 Å². The lowest BCUT2D eigenvalue weighted by Crippen LogP contribution is -2.53. The maximum Gasteiger partial charge on any atom is 0.261 e. The molecule has 1 unspecified atom stereocenters. The van der Waals surface area contributed by atoms with E-state index in [1.54, 1.807) is 11.8 Å². The molecule has 2 aromatic rings. The highest BCUT2D eigenvalue weighted by Crippen LogP contribution is 2.14. The van der Waals surface area contributed by atoms with Crippen LogP contribution in [0.15, 0.2) is 54.6 Å². The molecular weight excluding hydrogens is 376 g/mol. The molecule has 0 aliphatic rings. The van der Waals surface area contributed by atoms with Crippen LogP contribution >= 0.6 is 0 Å². The number of benzene rings is 2. The zero-order valence-electron chi connectivity index (χ0n) is 18.8. The van der Waals surface area contributed by atoms with Crippen LogP contribution in [0.2, 0.25) is 0 Å². The van der Waals surface area contributed by atoms with Gasteiger partial charge in [-0.1, -0.05) is 49.4 Å². The number of carbonyl (C=O) groups excluding carboxylic acids is 2. The van der Waals surface area contributed by atoms with Crippen LogP contribution in [-0.4, -0.2) is 41.4 Å². The van der Waals surface area contributed by atoms with Crippen molar-refractivity contribution in [3.8, 4) is 5.75 Å². The first-order chi connectivity index (χ1) is 14.2. The number of hydrogen-bond donors (Lipinski definition) is 1. The lowest BCUT2D eigenvalue weighted by molar-refractivity contribution is -0.142. The fourth-order valence-corrected chi connectivity index (χ4v) is 3.09. The molecule has 2 aromatic carbocycles. The number of nitrogens with one attached hydrogen (secondary N) is 1. The lowest BCUT2D eigenvalue weighted by Gasteiger charge is -2.31. The topological polar surface area (TPSA) is 58.6 Å². The molecule has 0 saturated heterocycles. The molecule has 1 atom stereocenters. The summed E-state index contributed by atoms with van der Waals surface area (Å²) in [7, 11) is 0. The summed E-state index contributed by atoms with van der Waals surface area (Å²) >= 11 is 0. The summed E-state index contributed by atoms with van der Waals surface area (Å²) in [4.78, 5) is 27.3. The number of hydrogen-bond acceptors (Lipinski definition) is 3. The summed E-state index contributed by atoms with van der Waals surface area (Å²) in [5.41, 5.74) is 1.97. The molecule has 0 aliphatic heterocycles. The predicted molar refractivity (Wildman–Crippen MR) is 121 cm³/mol. The van der Waals surface area contributed by atoms with Gasteiger partial charge in [0.05, 0.1) is 0 Å². The molecule has 0 aliphatic carbocycles. The third kappa shape index (κ3) is 7.54. The van der Waals surface area contributed by atoms with Crippen molar-refractivity contribution in [1.82, 2.24) is 10.2 Å². The van der Waals surface area contributed by atoms with Crippen molar-refractivity contribution >= 4 is 11.8 Å². The third-order valence-corrected chi connectivity index (χ3v) is 4.84. The van der Waals surface area contributed by atoms with Crippen LogP contribution in [0.25, 0.3) is 0 Å². The second-order valence-corrected chi connectivity index (χ2v) is 8.52. The summed E-state index contributed by atoms with van der Waals surface area (Å²) in [6, 6.07) is 17.1. The molecule has 2 amide bonds. The highest BCUT2D eigenvalue weighted by atomic mass is 16.5. The molecule has 0 radical (unpaired) electrons. The van der Waals surface area contributed by atoms with Gasteiger partial charge in [-0.25, -0.2) is 0 Å². The fourth-order valence-electron chi connectivity index (χ4n) is 3.09. The van der Waals surface area contributed by atoms with E-state index in [2.05, 4.69) is 12.2 Å². The molecule has 0 bridgehead atoms. The van der Waals surface area contributed by atoms with Gasteiger partial charge in [0.1, 0.15) is 11.8 Å². The van der Waals surface area contributed by atoms with Crippen LogP contribution in [0.5, 0.6) is 5.75 Å². The summed E-state index contributed by atoms with van der Waals surface area (Å²) in [5.74, 6) is 0.272. The number of rotatable bonds is 9. The quantitative estimate of drug-likeness (QED) is 0.680. The molecule has 0 spiro atoms. The van der Waals surface area contributed by atoms with Gasteiger partial charge < -0.3 is 15.0 Å². The Labute approximate surface area is 180 Å². The Balaban J connectivity index is 2.07. The second kappa shape index (κ2) is 10.8. The average Bonchev–Trinajstić information content (AvgIpc) is 2.72. The number of aryl methyl sites for hydroxylation is 1. The number of nitrogens with zero attached hydrogens (tertiary/aromatic N) is 1. The predicted octanol–water partition coefficient (Wildman–Crippen LogP) is 4.00.